The monoisotopic (exact) mass is 239 g/mol. The van der Waals surface area contributed by atoms with Crippen molar-refractivity contribution in [2.75, 3.05) is 39.3 Å². The zero-order valence-electron chi connectivity index (χ0n) is 11.3. The van der Waals surface area contributed by atoms with E-state index in [-0.39, 0.29) is 5.92 Å². The Morgan fingerprint density at radius 2 is 2.06 bits per heavy atom. The maximum Gasteiger partial charge on any atom is 0.227 e. The molecule has 2 rings (SSSR count). The van der Waals surface area contributed by atoms with Gasteiger partial charge in [0.15, 0.2) is 0 Å². The van der Waals surface area contributed by atoms with E-state index in [4.69, 9.17) is 0 Å². The molecule has 0 aromatic heterocycles. The lowest BCUT2D eigenvalue weighted by Gasteiger charge is -2.40. The summed E-state index contributed by atoms with van der Waals surface area (Å²) in [5.41, 5.74) is 0. The van der Waals surface area contributed by atoms with E-state index in [1.807, 2.05) is 0 Å². The second-order valence-corrected chi connectivity index (χ2v) is 5.50. The Bertz CT molecular complexity index is 282. The summed E-state index contributed by atoms with van der Waals surface area (Å²) in [4.78, 5) is 16.9. The van der Waals surface area contributed by atoms with Crippen LogP contribution in [0.25, 0.3) is 0 Å². The second-order valence-electron chi connectivity index (χ2n) is 5.50. The highest BCUT2D eigenvalue weighted by atomic mass is 16.2. The molecule has 0 bridgehead atoms. The Balaban J connectivity index is 1.93. The first kappa shape index (κ1) is 12.8. The topological polar surface area (TPSA) is 35.6 Å². The van der Waals surface area contributed by atoms with Crippen molar-refractivity contribution in [1.29, 1.82) is 0 Å². The van der Waals surface area contributed by atoms with Crippen molar-refractivity contribution in [2.24, 2.45) is 11.8 Å². The number of hydrogen-bond acceptors (Lipinski definition) is 3. The summed E-state index contributed by atoms with van der Waals surface area (Å²) in [7, 11) is 0. The van der Waals surface area contributed by atoms with Gasteiger partial charge in [-0.1, -0.05) is 13.8 Å². The van der Waals surface area contributed by atoms with Crippen LogP contribution in [0, 0.1) is 11.8 Å². The number of carbonyl (C=O) groups excluding carboxylic acids is 1. The van der Waals surface area contributed by atoms with Crippen LogP contribution in [0.15, 0.2) is 0 Å². The van der Waals surface area contributed by atoms with Crippen molar-refractivity contribution in [1.82, 2.24) is 15.1 Å². The van der Waals surface area contributed by atoms with Crippen molar-refractivity contribution in [3.63, 3.8) is 0 Å². The van der Waals surface area contributed by atoms with Gasteiger partial charge in [-0.25, -0.2) is 0 Å². The minimum absolute atomic E-state index is 0.204. The maximum absolute atomic E-state index is 12.4. The van der Waals surface area contributed by atoms with Gasteiger partial charge >= 0.3 is 0 Å². The number of likely N-dealkylation sites (N-methyl/N-ethyl adjacent to an activating group) is 1. The molecule has 4 heteroatoms. The van der Waals surface area contributed by atoms with Gasteiger partial charge in [-0.3, -0.25) is 9.69 Å². The summed E-state index contributed by atoms with van der Waals surface area (Å²) < 4.78 is 0. The molecule has 1 unspecified atom stereocenters. The number of nitrogens with zero attached hydrogens (tertiary/aromatic N) is 2. The van der Waals surface area contributed by atoms with Crippen LogP contribution in [0.1, 0.15) is 20.8 Å². The van der Waals surface area contributed by atoms with Gasteiger partial charge in [-0.15, -0.1) is 0 Å². The normalized spacial score (nSPS) is 35.2. The third-order valence-corrected chi connectivity index (χ3v) is 4.32. The average Bonchev–Trinajstić information content (AvgIpc) is 2.74. The number of carbonyl (C=O) groups is 1. The third-order valence-electron chi connectivity index (χ3n) is 4.32. The van der Waals surface area contributed by atoms with Crippen molar-refractivity contribution >= 4 is 5.91 Å². The third kappa shape index (κ3) is 2.63. The predicted molar refractivity (Wildman–Crippen MR) is 68.8 cm³/mol. The van der Waals surface area contributed by atoms with Crippen LogP contribution >= 0.6 is 0 Å². The minimum atomic E-state index is 0.204. The first-order chi connectivity index (χ1) is 8.13. The fourth-order valence-corrected chi connectivity index (χ4v) is 3.04. The summed E-state index contributed by atoms with van der Waals surface area (Å²) in [5, 5.41) is 3.32. The van der Waals surface area contributed by atoms with Crippen LogP contribution < -0.4 is 5.32 Å². The van der Waals surface area contributed by atoms with Gasteiger partial charge in [0.2, 0.25) is 5.91 Å². The van der Waals surface area contributed by atoms with Crippen molar-refractivity contribution < 1.29 is 4.79 Å². The highest BCUT2D eigenvalue weighted by Gasteiger charge is 2.35. The number of amides is 1. The van der Waals surface area contributed by atoms with E-state index in [0.29, 0.717) is 17.9 Å². The highest BCUT2D eigenvalue weighted by molar-refractivity contribution is 5.80. The number of nitrogens with one attached hydrogen (secondary N) is 1. The van der Waals surface area contributed by atoms with E-state index in [1.54, 1.807) is 0 Å². The van der Waals surface area contributed by atoms with E-state index in [9.17, 15) is 4.79 Å². The molecule has 98 valence electrons. The number of piperazine rings is 1. The molecule has 2 fully saturated rings. The first-order valence-electron chi connectivity index (χ1n) is 6.87. The first-order valence-corrected chi connectivity index (χ1v) is 6.87. The quantitative estimate of drug-likeness (QED) is 0.757. The molecule has 0 spiro atoms. The fraction of sp³-hybridized carbons (Fsp3) is 0.923. The molecule has 0 saturated carbocycles. The van der Waals surface area contributed by atoms with Crippen LogP contribution in [0.2, 0.25) is 0 Å². The predicted octanol–water partition coefficient (Wildman–Crippen LogP) is 0.395. The van der Waals surface area contributed by atoms with Gasteiger partial charge < -0.3 is 10.2 Å². The largest absolute Gasteiger partial charge is 0.340 e. The van der Waals surface area contributed by atoms with Crippen LogP contribution in [0.4, 0.5) is 0 Å². The zero-order valence-corrected chi connectivity index (χ0v) is 11.3. The molecule has 0 radical (unpaired) electrons. The van der Waals surface area contributed by atoms with Crippen molar-refractivity contribution in [2.45, 2.75) is 26.8 Å². The molecule has 2 heterocycles. The molecule has 0 aliphatic carbocycles. The second kappa shape index (κ2) is 5.36. The van der Waals surface area contributed by atoms with Gasteiger partial charge in [0.25, 0.3) is 0 Å². The average molecular weight is 239 g/mol. The number of rotatable bonds is 2. The van der Waals surface area contributed by atoms with Crippen molar-refractivity contribution in [3.8, 4) is 0 Å². The van der Waals surface area contributed by atoms with E-state index in [1.165, 1.54) is 0 Å². The van der Waals surface area contributed by atoms with Crippen LogP contribution in [-0.2, 0) is 4.79 Å². The Kier molecular flexibility index (Phi) is 4.05. The fourth-order valence-electron chi connectivity index (χ4n) is 3.04. The molecule has 4 nitrogen and oxygen atoms in total. The lowest BCUT2D eigenvalue weighted by Crippen LogP contribution is -2.55. The molecule has 2 aliphatic rings. The zero-order chi connectivity index (χ0) is 12.4. The SMILES string of the molecule is CCN1CCN(C(=O)[C@@H]2CNC[C@H]2C)CC1C. The summed E-state index contributed by atoms with van der Waals surface area (Å²) in [6, 6.07) is 0.502. The Hall–Kier alpha value is -0.610. The Labute approximate surface area is 104 Å². The Morgan fingerprint density at radius 1 is 1.29 bits per heavy atom. The smallest absolute Gasteiger partial charge is 0.227 e. The molecular formula is C13H25N3O. The molecule has 17 heavy (non-hydrogen) atoms. The molecular weight excluding hydrogens is 214 g/mol. The van der Waals surface area contributed by atoms with Crippen LogP contribution in [0.3, 0.4) is 0 Å². The summed E-state index contributed by atoms with van der Waals surface area (Å²) in [6.07, 6.45) is 0. The maximum atomic E-state index is 12.4. The summed E-state index contributed by atoms with van der Waals surface area (Å²) in [5.74, 6) is 1.06. The van der Waals surface area contributed by atoms with E-state index in [2.05, 4.69) is 35.9 Å². The molecule has 2 saturated heterocycles. The molecule has 3 atom stereocenters. The minimum Gasteiger partial charge on any atom is -0.340 e. The molecule has 0 aromatic carbocycles. The van der Waals surface area contributed by atoms with Gasteiger partial charge in [-0.05, 0) is 25.9 Å². The van der Waals surface area contributed by atoms with E-state index >= 15 is 0 Å². The van der Waals surface area contributed by atoms with Gasteiger partial charge in [-0.2, -0.15) is 0 Å². The highest BCUT2D eigenvalue weighted by Crippen LogP contribution is 2.20. The number of hydrogen-bond donors (Lipinski definition) is 1. The molecule has 0 aromatic rings. The Morgan fingerprint density at radius 3 is 2.59 bits per heavy atom. The standard InChI is InChI=1S/C13H25N3O/c1-4-15-5-6-16(9-11(15)3)13(17)12-8-14-7-10(12)2/h10-12,14H,4-9H2,1-3H3/t10-,11?,12-/m1/s1. The lowest BCUT2D eigenvalue weighted by atomic mass is 9.96. The summed E-state index contributed by atoms with van der Waals surface area (Å²) in [6.45, 7) is 12.4. The van der Waals surface area contributed by atoms with Crippen LogP contribution in [-0.4, -0.2) is 61.0 Å². The van der Waals surface area contributed by atoms with Crippen molar-refractivity contribution in [3.05, 3.63) is 0 Å². The molecule has 2 aliphatic heterocycles. The van der Waals surface area contributed by atoms with Gasteiger partial charge in [0.1, 0.15) is 0 Å². The lowest BCUT2D eigenvalue weighted by molar-refractivity contribution is -0.138. The van der Waals surface area contributed by atoms with Gasteiger partial charge in [0.05, 0.1) is 5.92 Å². The van der Waals surface area contributed by atoms with E-state index < -0.39 is 0 Å². The van der Waals surface area contributed by atoms with E-state index in [0.717, 1.165) is 39.3 Å². The molecule has 1 amide bonds. The van der Waals surface area contributed by atoms with Gasteiger partial charge in [0, 0.05) is 32.2 Å². The summed E-state index contributed by atoms with van der Waals surface area (Å²) >= 11 is 0. The van der Waals surface area contributed by atoms with Crippen LogP contribution in [0.5, 0.6) is 0 Å². The molecule has 1 N–H and O–H groups in total.